The lowest BCUT2D eigenvalue weighted by Crippen LogP contribution is -2.30. The first-order chi connectivity index (χ1) is 13.0. The predicted octanol–water partition coefficient (Wildman–Crippen LogP) is 4.33. The Labute approximate surface area is 163 Å². The maximum absolute atomic E-state index is 12.9. The van der Waals surface area contributed by atoms with E-state index in [0.29, 0.717) is 12.1 Å². The second-order valence-electron chi connectivity index (χ2n) is 6.29. The zero-order valence-electron chi connectivity index (χ0n) is 15.5. The number of anilines is 1. The van der Waals surface area contributed by atoms with Crippen molar-refractivity contribution in [2.75, 3.05) is 30.3 Å². The van der Waals surface area contributed by atoms with E-state index in [2.05, 4.69) is 43.0 Å². The molecule has 6 nitrogen and oxygen atoms in total. The van der Waals surface area contributed by atoms with Crippen LogP contribution in [-0.2, 0) is 0 Å². The van der Waals surface area contributed by atoms with Gasteiger partial charge in [0.1, 0.15) is 5.37 Å². The van der Waals surface area contributed by atoms with Gasteiger partial charge in [0.05, 0.1) is 4.92 Å². The number of thioether (sulfide) groups is 1. The van der Waals surface area contributed by atoms with Gasteiger partial charge in [-0.1, -0.05) is 12.1 Å². The van der Waals surface area contributed by atoms with Crippen molar-refractivity contribution in [3.63, 3.8) is 0 Å². The fraction of sp³-hybridized carbons (Fsp3) is 0.350. The molecule has 0 spiro atoms. The van der Waals surface area contributed by atoms with E-state index in [1.807, 2.05) is 4.90 Å². The molecule has 27 heavy (non-hydrogen) atoms. The van der Waals surface area contributed by atoms with Gasteiger partial charge in [0, 0.05) is 48.8 Å². The smallest absolute Gasteiger partial charge is 0.269 e. The molecule has 1 unspecified atom stereocenters. The number of carbonyl (C=O) groups excluding carboxylic acids is 1. The summed E-state index contributed by atoms with van der Waals surface area (Å²) in [4.78, 5) is 27.4. The first-order valence-electron chi connectivity index (χ1n) is 9.07. The highest BCUT2D eigenvalue weighted by Crippen LogP contribution is 2.39. The second kappa shape index (κ2) is 8.43. The average Bonchev–Trinajstić information content (AvgIpc) is 3.19. The van der Waals surface area contributed by atoms with Crippen LogP contribution in [0.15, 0.2) is 48.5 Å². The van der Waals surface area contributed by atoms with E-state index < -0.39 is 4.92 Å². The van der Waals surface area contributed by atoms with Gasteiger partial charge in [0.2, 0.25) is 0 Å². The largest absolute Gasteiger partial charge is 0.372 e. The number of hydrogen-bond donors (Lipinski definition) is 0. The number of nitrogens with zero attached hydrogens (tertiary/aromatic N) is 3. The van der Waals surface area contributed by atoms with Gasteiger partial charge in [-0.3, -0.25) is 14.9 Å². The van der Waals surface area contributed by atoms with Gasteiger partial charge >= 0.3 is 0 Å². The van der Waals surface area contributed by atoms with Gasteiger partial charge in [-0.25, -0.2) is 0 Å². The summed E-state index contributed by atoms with van der Waals surface area (Å²) in [5.74, 6) is 0.786. The molecule has 1 amide bonds. The number of nitro groups is 1. The molecule has 7 heteroatoms. The van der Waals surface area contributed by atoms with Crippen molar-refractivity contribution in [3.8, 4) is 0 Å². The highest BCUT2D eigenvalue weighted by atomic mass is 32.2. The standard InChI is InChI=1S/C20H23N3O3S/c1-3-21(4-2)17-9-7-16(8-10-17)20-22(13-14-27-20)19(24)15-5-11-18(12-6-15)23(25)26/h5-12,20H,3-4,13-14H2,1-2H3. The molecular weight excluding hydrogens is 362 g/mol. The van der Waals surface area contributed by atoms with Gasteiger partial charge in [-0.15, -0.1) is 11.8 Å². The minimum Gasteiger partial charge on any atom is -0.372 e. The van der Waals surface area contributed by atoms with Crippen molar-refractivity contribution in [2.45, 2.75) is 19.2 Å². The molecule has 1 atom stereocenters. The number of rotatable bonds is 6. The molecule has 0 aromatic heterocycles. The van der Waals surface area contributed by atoms with E-state index in [4.69, 9.17) is 0 Å². The highest BCUT2D eigenvalue weighted by Gasteiger charge is 2.31. The molecule has 0 bridgehead atoms. The Kier molecular flexibility index (Phi) is 6.01. The number of hydrogen-bond acceptors (Lipinski definition) is 5. The molecule has 1 fully saturated rings. The van der Waals surface area contributed by atoms with Crippen molar-refractivity contribution in [2.24, 2.45) is 0 Å². The van der Waals surface area contributed by atoms with Crippen molar-refractivity contribution < 1.29 is 9.72 Å². The maximum Gasteiger partial charge on any atom is 0.269 e. The normalized spacial score (nSPS) is 16.4. The molecule has 142 valence electrons. The molecule has 1 aliphatic rings. The number of amides is 1. The van der Waals surface area contributed by atoms with Gasteiger partial charge in [0.15, 0.2) is 0 Å². The van der Waals surface area contributed by atoms with Gasteiger partial charge < -0.3 is 9.80 Å². The zero-order chi connectivity index (χ0) is 19.4. The van der Waals surface area contributed by atoms with E-state index in [1.165, 1.54) is 30.0 Å². The third kappa shape index (κ3) is 4.08. The highest BCUT2D eigenvalue weighted by molar-refractivity contribution is 7.99. The molecular formula is C20H23N3O3S. The molecule has 1 saturated heterocycles. The van der Waals surface area contributed by atoms with Crippen LogP contribution in [0.25, 0.3) is 0 Å². The summed E-state index contributed by atoms with van der Waals surface area (Å²) in [5.41, 5.74) is 2.75. The fourth-order valence-corrected chi connectivity index (χ4v) is 4.54. The zero-order valence-corrected chi connectivity index (χ0v) is 16.3. The molecule has 2 aromatic carbocycles. The summed E-state index contributed by atoms with van der Waals surface area (Å²) in [5, 5.41) is 10.8. The fourth-order valence-electron chi connectivity index (χ4n) is 3.28. The number of carbonyl (C=O) groups is 1. The van der Waals surface area contributed by atoms with Crippen LogP contribution < -0.4 is 4.90 Å². The first-order valence-corrected chi connectivity index (χ1v) is 10.1. The third-order valence-corrected chi connectivity index (χ3v) is 6.04. The van der Waals surface area contributed by atoms with Gasteiger partial charge in [0.25, 0.3) is 11.6 Å². The molecule has 2 aromatic rings. The molecule has 1 heterocycles. The Morgan fingerprint density at radius 1 is 1.15 bits per heavy atom. The molecule has 0 aliphatic carbocycles. The second-order valence-corrected chi connectivity index (χ2v) is 7.48. The molecule has 0 saturated carbocycles. The lowest BCUT2D eigenvalue weighted by Gasteiger charge is -2.26. The summed E-state index contributed by atoms with van der Waals surface area (Å²) >= 11 is 1.74. The average molecular weight is 385 g/mol. The Hall–Kier alpha value is -2.54. The van der Waals surface area contributed by atoms with E-state index in [1.54, 1.807) is 11.8 Å². The lowest BCUT2D eigenvalue weighted by atomic mass is 10.1. The monoisotopic (exact) mass is 385 g/mol. The molecule has 0 N–H and O–H groups in total. The topological polar surface area (TPSA) is 66.7 Å². The summed E-state index contributed by atoms with van der Waals surface area (Å²) in [6.45, 7) is 6.85. The van der Waals surface area contributed by atoms with Crippen LogP contribution in [0.3, 0.4) is 0 Å². The molecule has 0 radical (unpaired) electrons. The minimum absolute atomic E-state index is 0.00844. The minimum atomic E-state index is -0.458. The van der Waals surface area contributed by atoms with Crippen molar-refractivity contribution in [1.82, 2.24) is 4.90 Å². The summed E-state index contributed by atoms with van der Waals surface area (Å²) in [7, 11) is 0. The predicted molar refractivity (Wildman–Crippen MR) is 109 cm³/mol. The van der Waals surface area contributed by atoms with Crippen LogP contribution in [0.1, 0.15) is 35.1 Å². The van der Waals surface area contributed by atoms with Crippen LogP contribution in [-0.4, -0.2) is 41.1 Å². The Balaban J connectivity index is 1.78. The van der Waals surface area contributed by atoms with Gasteiger partial charge in [-0.05, 0) is 43.7 Å². The Morgan fingerprint density at radius 3 is 2.33 bits per heavy atom. The summed E-state index contributed by atoms with van der Waals surface area (Å²) in [6, 6.07) is 14.2. The van der Waals surface area contributed by atoms with Gasteiger partial charge in [-0.2, -0.15) is 0 Å². The van der Waals surface area contributed by atoms with Crippen molar-refractivity contribution in [1.29, 1.82) is 0 Å². The third-order valence-electron chi connectivity index (χ3n) is 4.78. The summed E-state index contributed by atoms with van der Waals surface area (Å²) in [6.07, 6.45) is 0. The van der Waals surface area contributed by atoms with Crippen LogP contribution in [0.5, 0.6) is 0 Å². The van der Waals surface area contributed by atoms with Crippen LogP contribution in [0.2, 0.25) is 0 Å². The van der Waals surface area contributed by atoms with E-state index >= 15 is 0 Å². The van der Waals surface area contributed by atoms with Crippen LogP contribution >= 0.6 is 11.8 Å². The van der Waals surface area contributed by atoms with Crippen molar-refractivity contribution in [3.05, 3.63) is 69.8 Å². The Bertz CT molecular complexity index is 804. The van der Waals surface area contributed by atoms with E-state index in [0.717, 1.165) is 24.4 Å². The Morgan fingerprint density at radius 2 is 1.78 bits per heavy atom. The van der Waals surface area contributed by atoms with E-state index in [9.17, 15) is 14.9 Å². The quantitative estimate of drug-likeness (QED) is 0.547. The summed E-state index contributed by atoms with van der Waals surface area (Å²) < 4.78 is 0. The van der Waals surface area contributed by atoms with Crippen molar-refractivity contribution >= 4 is 29.0 Å². The first kappa shape index (κ1) is 19.2. The van der Waals surface area contributed by atoms with E-state index in [-0.39, 0.29) is 17.0 Å². The lowest BCUT2D eigenvalue weighted by molar-refractivity contribution is -0.384. The number of non-ortho nitro benzene ring substituents is 1. The number of benzene rings is 2. The van der Waals surface area contributed by atoms with Crippen LogP contribution in [0.4, 0.5) is 11.4 Å². The maximum atomic E-state index is 12.9. The van der Waals surface area contributed by atoms with Crippen LogP contribution in [0, 0.1) is 10.1 Å². The molecule has 3 rings (SSSR count). The number of nitro benzene ring substituents is 1. The SMILES string of the molecule is CCN(CC)c1ccc(C2SCCN2C(=O)c2ccc([N+](=O)[O-])cc2)cc1. The molecule has 1 aliphatic heterocycles.